The van der Waals surface area contributed by atoms with Gasteiger partial charge in [0.15, 0.2) is 0 Å². The molecule has 0 N–H and O–H groups in total. The number of halogens is 2. The normalized spacial score (nSPS) is 27.6. The van der Waals surface area contributed by atoms with E-state index in [1.807, 2.05) is 12.1 Å². The van der Waals surface area contributed by atoms with Gasteiger partial charge in [-0.25, -0.2) is 4.39 Å². The molecule has 0 heterocycles. The van der Waals surface area contributed by atoms with Crippen molar-refractivity contribution in [2.45, 2.75) is 30.6 Å². The Balaban J connectivity index is 1.53. The van der Waals surface area contributed by atoms with Gasteiger partial charge in [-0.3, -0.25) is 0 Å². The van der Waals surface area contributed by atoms with Gasteiger partial charge < -0.3 is 0 Å². The van der Waals surface area contributed by atoms with Crippen LogP contribution in [0.4, 0.5) is 4.39 Å². The lowest BCUT2D eigenvalue weighted by Crippen LogP contribution is -2.09. The number of benzene rings is 2. The molecule has 0 spiro atoms. The van der Waals surface area contributed by atoms with Gasteiger partial charge in [0.05, 0.1) is 0 Å². The molecule has 1 fully saturated rings. The molecule has 108 valence electrons. The number of hydrogen-bond acceptors (Lipinski definition) is 0. The van der Waals surface area contributed by atoms with Crippen LogP contribution in [0.3, 0.4) is 0 Å². The monoisotopic (exact) mass is 300 g/mol. The molecule has 0 radical (unpaired) electrons. The first-order valence-electron chi connectivity index (χ1n) is 7.71. The van der Waals surface area contributed by atoms with E-state index in [9.17, 15) is 4.39 Å². The van der Waals surface area contributed by atoms with Crippen LogP contribution in [0.2, 0.25) is 0 Å². The van der Waals surface area contributed by atoms with Gasteiger partial charge in [-0.05, 0) is 59.8 Å². The number of alkyl halides is 1. The standard InChI is InChI=1S/C19H18ClF/c20-16(11-13-6-2-4-8-17(13)21)19-15-10-9-12-5-1-3-7-14(12)18(15)19/h1-8,15-16,18-19H,9-11H2. The van der Waals surface area contributed by atoms with E-state index in [1.54, 1.807) is 6.07 Å². The first-order valence-corrected chi connectivity index (χ1v) is 8.14. The Morgan fingerprint density at radius 1 is 1.10 bits per heavy atom. The summed E-state index contributed by atoms with van der Waals surface area (Å²) >= 11 is 6.66. The Morgan fingerprint density at radius 3 is 2.71 bits per heavy atom. The van der Waals surface area contributed by atoms with Crippen molar-refractivity contribution in [2.75, 3.05) is 0 Å². The first-order chi connectivity index (χ1) is 10.3. The van der Waals surface area contributed by atoms with E-state index in [2.05, 4.69) is 24.3 Å². The predicted molar refractivity (Wildman–Crippen MR) is 84.2 cm³/mol. The molecule has 2 aliphatic rings. The lowest BCUT2D eigenvalue weighted by atomic mass is 9.92. The van der Waals surface area contributed by atoms with Crippen molar-refractivity contribution < 1.29 is 4.39 Å². The molecule has 0 amide bonds. The Kier molecular flexibility index (Phi) is 3.26. The summed E-state index contributed by atoms with van der Waals surface area (Å²) in [5.41, 5.74) is 3.71. The summed E-state index contributed by atoms with van der Waals surface area (Å²) in [6.45, 7) is 0. The minimum Gasteiger partial charge on any atom is -0.207 e. The third-order valence-corrected chi connectivity index (χ3v) is 5.63. The van der Waals surface area contributed by atoms with Crippen LogP contribution in [0.15, 0.2) is 48.5 Å². The van der Waals surface area contributed by atoms with Crippen molar-refractivity contribution in [1.29, 1.82) is 0 Å². The van der Waals surface area contributed by atoms with Crippen molar-refractivity contribution in [2.24, 2.45) is 11.8 Å². The van der Waals surface area contributed by atoms with Crippen LogP contribution in [-0.4, -0.2) is 5.38 Å². The van der Waals surface area contributed by atoms with Crippen molar-refractivity contribution in [3.05, 3.63) is 71.0 Å². The highest BCUT2D eigenvalue weighted by molar-refractivity contribution is 6.21. The second kappa shape index (κ2) is 5.14. The number of aryl methyl sites for hydroxylation is 1. The number of rotatable bonds is 3. The second-order valence-electron chi connectivity index (χ2n) is 6.32. The van der Waals surface area contributed by atoms with E-state index in [-0.39, 0.29) is 11.2 Å². The molecule has 0 nitrogen and oxygen atoms in total. The Hall–Kier alpha value is -1.34. The van der Waals surface area contributed by atoms with Gasteiger partial charge in [0, 0.05) is 5.38 Å². The fourth-order valence-corrected chi connectivity index (χ4v) is 4.63. The molecule has 0 aromatic heterocycles. The molecule has 1 saturated carbocycles. The van der Waals surface area contributed by atoms with Gasteiger partial charge in [-0.1, -0.05) is 42.5 Å². The number of hydrogen-bond donors (Lipinski definition) is 0. The summed E-state index contributed by atoms with van der Waals surface area (Å²) in [4.78, 5) is 0. The largest absolute Gasteiger partial charge is 0.207 e. The zero-order valence-electron chi connectivity index (χ0n) is 11.8. The molecule has 2 aliphatic carbocycles. The molecular weight excluding hydrogens is 283 g/mol. The average Bonchev–Trinajstić information content (AvgIpc) is 3.24. The number of fused-ring (bicyclic) bond motifs is 3. The van der Waals surface area contributed by atoms with Crippen LogP contribution in [-0.2, 0) is 12.8 Å². The topological polar surface area (TPSA) is 0 Å². The minimum atomic E-state index is -0.132. The van der Waals surface area contributed by atoms with Crippen molar-refractivity contribution in [3.8, 4) is 0 Å². The molecule has 0 saturated heterocycles. The van der Waals surface area contributed by atoms with Crippen LogP contribution >= 0.6 is 11.6 Å². The minimum absolute atomic E-state index is 0.0306. The van der Waals surface area contributed by atoms with E-state index in [0.29, 0.717) is 24.2 Å². The van der Waals surface area contributed by atoms with E-state index < -0.39 is 0 Å². The molecule has 0 aliphatic heterocycles. The lowest BCUT2D eigenvalue weighted by molar-refractivity contribution is 0.581. The SMILES string of the molecule is Fc1ccccc1CC(Cl)C1C2CCc3ccccc3C21. The van der Waals surface area contributed by atoms with Gasteiger partial charge >= 0.3 is 0 Å². The molecule has 0 bridgehead atoms. The quantitative estimate of drug-likeness (QED) is 0.703. The van der Waals surface area contributed by atoms with Crippen LogP contribution < -0.4 is 0 Å². The first kappa shape index (κ1) is 13.3. The van der Waals surface area contributed by atoms with Crippen LogP contribution in [0.25, 0.3) is 0 Å². The van der Waals surface area contributed by atoms with Crippen molar-refractivity contribution in [3.63, 3.8) is 0 Å². The second-order valence-corrected chi connectivity index (χ2v) is 6.88. The zero-order chi connectivity index (χ0) is 14.4. The molecule has 2 aromatic carbocycles. The molecule has 4 unspecified atom stereocenters. The van der Waals surface area contributed by atoms with E-state index in [1.165, 1.54) is 23.6 Å². The van der Waals surface area contributed by atoms with Gasteiger partial charge in [0.25, 0.3) is 0 Å². The summed E-state index contributed by atoms with van der Waals surface area (Å²) in [5.74, 6) is 1.68. The molecule has 2 aromatic rings. The summed E-state index contributed by atoms with van der Waals surface area (Å²) < 4.78 is 13.8. The highest BCUT2D eigenvalue weighted by atomic mass is 35.5. The van der Waals surface area contributed by atoms with E-state index in [0.717, 1.165) is 12.0 Å². The fraction of sp³-hybridized carbons (Fsp3) is 0.368. The van der Waals surface area contributed by atoms with Gasteiger partial charge in [-0.2, -0.15) is 0 Å². The molecule has 2 heteroatoms. The molecule has 4 atom stereocenters. The summed E-state index contributed by atoms with van der Waals surface area (Å²) in [5, 5.41) is 0.0306. The van der Waals surface area contributed by atoms with Crippen molar-refractivity contribution >= 4 is 11.6 Å². The zero-order valence-corrected chi connectivity index (χ0v) is 12.6. The predicted octanol–water partition coefficient (Wildman–Crippen LogP) is 4.95. The maximum atomic E-state index is 13.8. The Bertz CT molecular complexity index is 666. The average molecular weight is 301 g/mol. The third-order valence-electron chi connectivity index (χ3n) is 5.18. The smallest absolute Gasteiger partial charge is 0.126 e. The third kappa shape index (κ3) is 2.28. The van der Waals surface area contributed by atoms with Gasteiger partial charge in [0.2, 0.25) is 0 Å². The van der Waals surface area contributed by atoms with Crippen LogP contribution in [0.1, 0.15) is 29.0 Å². The highest BCUT2D eigenvalue weighted by Crippen LogP contribution is 2.62. The Labute approximate surface area is 130 Å². The maximum absolute atomic E-state index is 13.8. The van der Waals surface area contributed by atoms with Crippen molar-refractivity contribution in [1.82, 2.24) is 0 Å². The summed E-state index contributed by atoms with van der Waals surface area (Å²) in [7, 11) is 0. The molecule has 21 heavy (non-hydrogen) atoms. The van der Waals surface area contributed by atoms with Gasteiger partial charge in [0.1, 0.15) is 5.82 Å². The highest BCUT2D eigenvalue weighted by Gasteiger charge is 2.55. The molecular formula is C19H18ClF. The Morgan fingerprint density at radius 2 is 1.86 bits per heavy atom. The molecule has 4 rings (SSSR count). The fourth-order valence-electron chi connectivity index (χ4n) is 4.12. The lowest BCUT2D eigenvalue weighted by Gasteiger charge is -2.13. The van der Waals surface area contributed by atoms with Gasteiger partial charge in [-0.15, -0.1) is 11.6 Å². The van der Waals surface area contributed by atoms with E-state index in [4.69, 9.17) is 11.6 Å². The van der Waals surface area contributed by atoms with E-state index >= 15 is 0 Å². The summed E-state index contributed by atoms with van der Waals surface area (Å²) in [6, 6.07) is 15.7. The van der Waals surface area contributed by atoms with Crippen LogP contribution in [0.5, 0.6) is 0 Å². The van der Waals surface area contributed by atoms with Crippen LogP contribution in [0, 0.1) is 17.7 Å². The summed E-state index contributed by atoms with van der Waals surface area (Å²) in [6.07, 6.45) is 3.03. The maximum Gasteiger partial charge on any atom is 0.126 e.